The van der Waals surface area contributed by atoms with Crippen molar-refractivity contribution >= 4 is 28.6 Å². The Hall–Kier alpha value is -3.79. The Morgan fingerprint density at radius 2 is 1.85 bits per heavy atom. The number of fused-ring (bicyclic) bond motifs is 1. The van der Waals surface area contributed by atoms with Gasteiger partial charge in [-0.25, -0.2) is 4.98 Å². The van der Waals surface area contributed by atoms with Crippen molar-refractivity contribution in [2.75, 3.05) is 13.2 Å². The number of aromatic amines is 1. The predicted octanol–water partition coefficient (Wildman–Crippen LogP) is 5.05. The van der Waals surface area contributed by atoms with Crippen molar-refractivity contribution in [3.63, 3.8) is 0 Å². The number of imidazole rings is 1. The highest BCUT2D eigenvalue weighted by Crippen LogP contribution is 2.30. The molecule has 1 amide bonds. The van der Waals surface area contributed by atoms with Gasteiger partial charge in [0.05, 0.1) is 23.2 Å². The highest BCUT2D eigenvalue weighted by atomic mass is 16.5. The Bertz CT molecular complexity index is 1150. The van der Waals surface area contributed by atoms with E-state index in [0.717, 1.165) is 16.6 Å². The summed E-state index contributed by atoms with van der Waals surface area (Å²) in [6.45, 7) is 10.2. The zero-order chi connectivity index (χ0) is 24.0. The van der Waals surface area contributed by atoms with Crippen LogP contribution in [0.5, 0.6) is 11.5 Å². The van der Waals surface area contributed by atoms with Crippen LogP contribution in [0.15, 0.2) is 42.5 Å². The molecule has 1 N–H and O–H groups in total. The lowest BCUT2D eigenvalue weighted by atomic mass is 10.1. The number of aromatic nitrogens is 2. The summed E-state index contributed by atoms with van der Waals surface area (Å²) in [6, 6.07) is 15.4. The molecule has 0 radical (unpaired) electrons. The predicted molar refractivity (Wildman–Crippen MR) is 130 cm³/mol. The molecule has 2 aromatic carbocycles. The minimum atomic E-state index is -0.0805. The second-order valence-corrected chi connectivity index (χ2v) is 8.19. The summed E-state index contributed by atoms with van der Waals surface area (Å²) >= 11 is 0. The summed E-state index contributed by atoms with van der Waals surface area (Å²) in [6.07, 6.45) is 1.74. The quantitative estimate of drug-likeness (QED) is 0.465. The molecule has 0 aliphatic rings. The molecule has 33 heavy (non-hydrogen) atoms. The molecule has 0 unspecified atom stereocenters. The number of nitrogens with zero attached hydrogens (tertiary/aromatic N) is 3. The van der Waals surface area contributed by atoms with Gasteiger partial charge in [0, 0.05) is 12.1 Å². The van der Waals surface area contributed by atoms with Gasteiger partial charge in [-0.15, -0.1) is 0 Å². The van der Waals surface area contributed by atoms with Crippen LogP contribution in [0.3, 0.4) is 0 Å². The third-order valence-electron chi connectivity index (χ3n) is 5.10. The first-order chi connectivity index (χ1) is 15.8. The average molecular weight is 447 g/mol. The lowest BCUT2D eigenvalue weighted by molar-refractivity contribution is -0.137. The number of para-hydroxylation sites is 2. The molecule has 7 nitrogen and oxygen atoms in total. The molecule has 3 rings (SSSR count). The van der Waals surface area contributed by atoms with Crippen LogP contribution in [-0.2, 0) is 4.79 Å². The van der Waals surface area contributed by atoms with Gasteiger partial charge in [-0.1, -0.05) is 18.2 Å². The Labute approximate surface area is 194 Å². The van der Waals surface area contributed by atoms with E-state index in [1.807, 2.05) is 65.0 Å². The summed E-state index contributed by atoms with van der Waals surface area (Å²) in [5, 5.41) is 9.70. The number of H-pyrrole nitrogens is 1. The summed E-state index contributed by atoms with van der Waals surface area (Å²) in [5.41, 5.74) is 2.84. The van der Waals surface area contributed by atoms with Crippen molar-refractivity contribution in [3.8, 4) is 17.6 Å². The first-order valence-electron chi connectivity index (χ1n) is 11.1. The number of nitriles is 1. The Balaban J connectivity index is 1.84. The number of benzene rings is 2. The maximum Gasteiger partial charge on any atom is 0.260 e. The van der Waals surface area contributed by atoms with E-state index in [1.165, 1.54) is 0 Å². The number of ether oxygens (including phenoxy) is 2. The summed E-state index contributed by atoms with van der Waals surface area (Å²) in [7, 11) is 0. The van der Waals surface area contributed by atoms with Gasteiger partial charge in [-0.3, -0.25) is 4.79 Å². The van der Waals surface area contributed by atoms with E-state index in [1.54, 1.807) is 23.1 Å². The van der Waals surface area contributed by atoms with E-state index in [-0.39, 0.29) is 24.6 Å². The topological polar surface area (TPSA) is 91.2 Å². The molecule has 0 aliphatic carbocycles. The number of hydrogen-bond acceptors (Lipinski definition) is 5. The van der Waals surface area contributed by atoms with E-state index < -0.39 is 0 Å². The molecule has 172 valence electrons. The molecule has 0 bridgehead atoms. The second kappa shape index (κ2) is 10.7. The number of hydrogen-bond donors (Lipinski definition) is 1. The highest BCUT2D eigenvalue weighted by Gasteiger charge is 2.21. The van der Waals surface area contributed by atoms with Gasteiger partial charge < -0.3 is 19.4 Å². The van der Waals surface area contributed by atoms with E-state index in [2.05, 4.69) is 16.0 Å². The number of rotatable bonds is 9. The molecule has 0 aliphatic heterocycles. The van der Waals surface area contributed by atoms with Crippen LogP contribution in [0, 0.1) is 11.3 Å². The molecular weight excluding hydrogens is 416 g/mol. The van der Waals surface area contributed by atoms with Gasteiger partial charge in [0.25, 0.3) is 5.91 Å². The molecule has 0 saturated heterocycles. The van der Waals surface area contributed by atoms with Gasteiger partial charge in [-0.05, 0) is 70.5 Å². The van der Waals surface area contributed by atoms with E-state index in [4.69, 9.17) is 9.47 Å². The smallest absolute Gasteiger partial charge is 0.260 e. The van der Waals surface area contributed by atoms with Gasteiger partial charge in [0.1, 0.15) is 11.9 Å². The Morgan fingerprint density at radius 3 is 2.48 bits per heavy atom. The maximum absolute atomic E-state index is 12.7. The normalized spacial score (nSPS) is 11.6. The van der Waals surface area contributed by atoms with Gasteiger partial charge in [0.2, 0.25) is 0 Å². The Kier molecular flexibility index (Phi) is 7.73. The molecule has 3 aromatic rings. The fourth-order valence-electron chi connectivity index (χ4n) is 3.79. The second-order valence-electron chi connectivity index (χ2n) is 8.19. The minimum Gasteiger partial charge on any atom is -0.490 e. The van der Waals surface area contributed by atoms with Crippen molar-refractivity contribution in [2.24, 2.45) is 0 Å². The standard InChI is InChI=1S/C26H30N4O3/c1-6-32-24-14-19(11-12-23(24)33-16-25(31)30(17(2)3)18(4)5)13-20(15-27)26-28-21-9-7-8-10-22(21)29-26/h7-14,17-18H,6,16H2,1-5H3,(H,28,29)/b20-13+. The summed E-state index contributed by atoms with van der Waals surface area (Å²) in [5.74, 6) is 1.42. The third-order valence-corrected chi connectivity index (χ3v) is 5.10. The van der Waals surface area contributed by atoms with Crippen molar-refractivity contribution in [1.82, 2.24) is 14.9 Å². The molecule has 1 aromatic heterocycles. The van der Waals surface area contributed by atoms with Gasteiger partial charge >= 0.3 is 0 Å². The van der Waals surface area contributed by atoms with Gasteiger partial charge in [-0.2, -0.15) is 5.26 Å². The van der Waals surface area contributed by atoms with Crippen LogP contribution in [-0.4, -0.2) is 46.1 Å². The Morgan fingerprint density at radius 1 is 1.12 bits per heavy atom. The number of carbonyl (C=O) groups excluding carboxylic acids is 1. The van der Waals surface area contributed by atoms with Gasteiger partial charge in [0.15, 0.2) is 18.1 Å². The monoisotopic (exact) mass is 446 g/mol. The minimum absolute atomic E-state index is 0.0753. The fourth-order valence-corrected chi connectivity index (χ4v) is 3.79. The number of allylic oxidation sites excluding steroid dienone is 1. The third kappa shape index (κ3) is 5.72. The number of nitrogens with one attached hydrogen (secondary N) is 1. The zero-order valence-electron chi connectivity index (χ0n) is 19.8. The van der Waals surface area contributed by atoms with Crippen molar-refractivity contribution in [2.45, 2.75) is 46.7 Å². The molecule has 0 atom stereocenters. The van der Waals surface area contributed by atoms with Crippen LogP contribution in [0.25, 0.3) is 22.7 Å². The maximum atomic E-state index is 12.7. The molecule has 0 saturated carbocycles. The van der Waals surface area contributed by atoms with E-state index in [9.17, 15) is 10.1 Å². The summed E-state index contributed by atoms with van der Waals surface area (Å²) in [4.78, 5) is 22.1. The molecule has 1 heterocycles. The van der Waals surface area contributed by atoms with Crippen LogP contribution < -0.4 is 9.47 Å². The van der Waals surface area contributed by atoms with Crippen LogP contribution in [0.4, 0.5) is 0 Å². The van der Waals surface area contributed by atoms with Crippen LogP contribution in [0.2, 0.25) is 0 Å². The van der Waals surface area contributed by atoms with Crippen LogP contribution >= 0.6 is 0 Å². The molecule has 7 heteroatoms. The van der Waals surface area contributed by atoms with Crippen molar-refractivity contribution < 1.29 is 14.3 Å². The molecular formula is C26H30N4O3. The van der Waals surface area contributed by atoms with Crippen LogP contribution in [0.1, 0.15) is 46.0 Å². The average Bonchev–Trinajstić information content (AvgIpc) is 3.20. The number of carbonyl (C=O) groups is 1. The summed E-state index contributed by atoms with van der Waals surface area (Å²) < 4.78 is 11.6. The molecule has 0 fully saturated rings. The van der Waals surface area contributed by atoms with E-state index >= 15 is 0 Å². The van der Waals surface area contributed by atoms with E-state index in [0.29, 0.717) is 29.5 Å². The highest BCUT2D eigenvalue weighted by molar-refractivity contribution is 5.90. The first kappa shape index (κ1) is 23.9. The zero-order valence-corrected chi connectivity index (χ0v) is 19.8. The lowest BCUT2D eigenvalue weighted by Gasteiger charge is -2.30. The SMILES string of the molecule is CCOc1cc(/C=C(\C#N)c2nc3ccccc3[nH]2)ccc1OCC(=O)N(C(C)C)C(C)C. The fraction of sp³-hybridized carbons (Fsp3) is 0.346. The first-order valence-corrected chi connectivity index (χ1v) is 11.1. The number of amides is 1. The van der Waals surface area contributed by atoms with Crippen molar-refractivity contribution in [3.05, 3.63) is 53.9 Å². The molecule has 0 spiro atoms. The lowest BCUT2D eigenvalue weighted by Crippen LogP contribution is -2.44. The van der Waals surface area contributed by atoms with Crippen molar-refractivity contribution in [1.29, 1.82) is 5.26 Å². The largest absolute Gasteiger partial charge is 0.490 e.